The van der Waals surface area contributed by atoms with Crippen LogP contribution in [0, 0.1) is 5.92 Å². The van der Waals surface area contributed by atoms with E-state index in [4.69, 9.17) is 18.0 Å². The molecule has 0 amide bonds. The van der Waals surface area contributed by atoms with E-state index in [2.05, 4.69) is 25.7 Å². The first-order valence-electron chi connectivity index (χ1n) is 5.07. The smallest absolute Gasteiger partial charge is 0.0727 e. The van der Waals surface area contributed by atoms with Gasteiger partial charge in [-0.2, -0.15) is 0 Å². The topological polar surface area (TPSA) is 29.3 Å². The molecule has 0 aromatic rings. The number of nitrogens with two attached hydrogens (primary N) is 1. The van der Waals surface area contributed by atoms with Gasteiger partial charge in [0.05, 0.1) is 4.99 Å². The third-order valence-corrected chi connectivity index (χ3v) is 2.17. The molecule has 0 bridgehead atoms. The van der Waals surface area contributed by atoms with Crippen LogP contribution in [0.25, 0.3) is 0 Å². The summed E-state index contributed by atoms with van der Waals surface area (Å²) in [6.07, 6.45) is 1.97. The average molecular weight is 202 g/mol. The predicted octanol–water partition coefficient (Wildman–Crippen LogP) is 2.03. The molecule has 0 radical (unpaired) electrons. The Morgan fingerprint density at radius 3 is 2.46 bits per heavy atom. The first-order valence-corrected chi connectivity index (χ1v) is 5.47. The number of thiocarbonyl (C=S) groups is 1. The van der Waals surface area contributed by atoms with Gasteiger partial charge in [-0.15, -0.1) is 0 Å². The second-order valence-electron chi connectivity index (χ2n) is 3.86. The molecule has 78 valence electrons. The van der Waals surface area contributed by atoms with Crippen LogP contribution >= 0.6 is 12.2 Å². The maximum absolute atomic E-state index is 5.43. The lowest BCUT2D eigenvalue weighted by Gasteiger charge is -2.22. The predicted molar refractivity (Wildman–Crippen MR) is 63.0 cm³/mol. The van der Waals surface area contributed by atoms with Crippen LogP contribution in [0.4, 0.5) is 0 Å². The molecule has 0 spiro atoms. The van der Waals surface area contributed by atoms with Crippen molar-refractivity contribution >= 4 is 17.2 Å². The fourth-order valence-electron chi connectivity index (χ4n) is 1.37. The standard InChI is InChI=1S/C10H22N2S/c1-4-12(8-9(2)3)7-5-6-10(11)13/h9H,4-8H2,1-3H3,(H2,11,13). The summed E-state index contributed by atoms with van der Waals surface area (Å²) in [5.41, 5.74) is 5.43. The van der Waals surface area contributed by atoms with Gasteiger partial charge in [-0.05, 0) is 31.8 Å². The van der Waals surface area contributed by atoms with Crippen LogP contribution in [-0.4, -0.2) is 29.5 Å². The molecular weight excluding hydrogens is 180 g/mol. The van der Waals surface area contributed by atoms with E-state index in [1.807, 2.05) is 0 Å². The molecular formula is C10H22N2S. The molecule has 0 fully saturated rings. The normalized spacial score (nSPS) is 11.2. The number of rotatable bonds is 7. The Morgan fingerprint density at radius 1 is 1.46 bits per heavy atom. The summed E-state index contributed by atoms with van der Waals surface area (Å²) in [5.74, 6) is 0.741. The fourth-order valence-corrected chi connectivity index (χ4v) is 1.52. The third-order valence-electron chi connectivity index (χ3n) is 1.97. The van der Waals surface area contributed by atoms with Crippen molar-refractivity contribution in [2.24, 2.45) is 11.7 Å². The molecule has 0 unspecified atom stereocenters. The summed E-state index contributed by atoms with van der Waals surface area (Å²) < 4.78 is 0. The zero-order valence-electron chi connectivity index (χ0n) is 9.05. The molecule has 0 saturated carbocycles. The Labute approximate surface area is 87.5 Å². The van der Waals surface area contributed by atoms with Gasteiger partial charge in [0.1, 0.15) is 0 Å². The van der Waals surface area contributed by atoms with E-state index < -0.39 is 0 Å². The molecule has 0 aliphatic heterocycles. The van der Waals surface area contributed by atoms with Crippen LogP contribution in [0.5, 0.6) is 0 Å². The zero-order chi connectivity index (χ0) is 10.3. The van der Waals surface area contributed by atoms with Crippen LogP contribution in [-0.2, 0) is 0 Å². The van der Waals surface area contributed by atoms with Crippen molar-refractivity contribution in [1.29, 1.82) is 0 Å². The Kier molecular flexibility index (Phi) is 7.19. The van der Waals surface area contributed by atoms with Crippen molar-refractivity contribution in [3.05, 3.63) is 0 Å². The molecule has 2 N–H and O–H groups in total. The maximum atomic E-state index is 5.43. The summed E-state index contributed by atoms with van der Waals surface area (Å²) in [5, 5.41) is 0. The molecule has 3 heteroatoms. The zero-order valence-corrected chi connectivity index (χ0v) is 9.86. The summed E-state index contributed by atoms with van der Waals surface area (Å²) in [6.45, 7) is 10.1. The molecule has 0 aliphatic carbocycles. The lowest BCUT2D eigenvalue weighted by atomic mass is 10.2. The second kappa shape index (κ2) is 7.27. The Morgan fingerprint density at radius 2 is 2.08 bits per heavy atom. The van der Waals surface area contributed by atoms with Gasteiger partial charge in [-0.25, -0.2) is 0 Å². The van der Waals surface area contributed by atoms with Crippen molar-refractivity contribution in [3.8, 4) is 0 Å². The quantitative estimate of drug-likeness (QED) is 0.641. The van der Waals surface area contributed by atoms with E-state index in [1.54, 1.807) is 0 Å². The van der Waals surface area contributed by atoms with E-state index in [9.17, 15) is 0 Å². The molecule has 0 saturated heterocycles. The molecule has 0 aliphatic rings. The van der Waals surface area contributed by atoms with Crippen molar-refractivity contribution < 1.29 is 0 Å². The highest BCUT2D eigenvalue weighted by atomic mass is 32.1. The van der Waals surface area contributed by atoms with Crippen molar-refractivity contribution in [2.45, 2.75) is 33.6 Å². The van der Waals surface area contributed by atoms with Crippen molar-refractivity contribution in [1.82, 2.24) is 4.90 Å². The van der Waals surface area contributed by atoms with E-state index in [1.165, 1.54) is 6.54 Å². The maximum Gasteiger partial charge on any atom is 0.0727 e. The van der Waals surface area contributed by atoms with E-state index in [0.717, 1.165) is 31.8 Å². The fraction of sp³-hybridized carbons (Fsp3) is 0.900. The molecule has 0 aromatic carbocycles. The number of hydrogen-bond donors (Lipinski definition) is 1. The van der Waals surface area contributed by atoms with Crippen LogP contribution < -0.4 is 5.73 Å². The minimum atomic E-state index is 0.639. The highest BCUT2D eigenvalue weighted by molar-refractivity contribution is 7.80. The summed E-state index contributed by atoms with van der Waals surface area (Å²) in [6, 6.07) is 0. The Balaban J connectivity index is 3.53. The van der Waals surface area contributed by atoms with Crippen LogP contribution in [0.2, 0.25) is 0 Å². The van der Waals surface area contributed by atoms with E-state index in [0.29, 0.717) is 4.99 Å². The average Bonchev–Trinajstić information content (AvgIpc) is 2.01. The van der Waals surface area contributed by atoms with Gasteiger partial charge in [0.25, 0.3) is 0 Å². The molecule has 0 atom stereocenters. The summed E-state index contributed by atoms with van der Waals surface area (Å²) in [4.78, 5) is 3.09. The minimum Gasteiger partial charge on any atom is -0.393 e. The second-order valence-corrected chi connectivity index (χ2v) is 4.38. The highest BCUT2D eigenvalue weighted by Gasteiger charge is 2.04. The van der Waals surface area contributed by atoms with Gasteiger partial charge < -0.3 is 10.6 Å². The monoisotopic (exact) mass is 202 g/mol. The Bertz CT molecular complexity index is 146. The van der Waals surface area contributed by atoms with Crippen LogP contribution in [0.15, 0.2) is 0 Å². The Hall–Kier alpha value is -0.150. The van der Waals surface area contributed by atoms with Crippen LogP contribution in [0.1, 0.15) is 33.6 Å². The minimum absolute atomic E-state index is 0.639. The first kappa shape index (κ1) is 12.8. The summed E-state index contributed by atoms with van der Waals surface area (Å²) >= 11 is 4.83. The highest BCUT2D eigenvalue weighted by Crippen LogP contribution is 2.00. The van der Waals surface area contributed by atoms with Gasteiger partial charge in [-0.1, -0.05) is 33.0 Å². The molecule has 0 heterocycles. The lowest BCUT2D eigenvalue weighted by molar-refractivity contribution is 0.255. The first-order chi connectivity index (χ1) is 6.06. The molecule has 0 aromatic heterocycles. The molecule has 13 heavy (non-hydrogen) atoms. The van der Waals surface area contributed by atoms with Crippen molar-refractivity contribution in [2.75, 3.05) is 19.6 Å². The number of nitrogens with zero attached hydrogens (tertiary/aromatic N) is 1. The van der Waals surface area contributed by atoms with Crippen molar-refractivity contribution in [3.63, 3.8) is 0 Å². The largest absolute Gasteiger partial charge is 0.393 e. The van der Waals surface area contributed by atoms with E-state index >= 15 is 0 Å². The SMILES string of the molecule is CCN(CCCC(N)=S)CC(C)C. The van der Waals surface area contributed by atoms with Gasteiger partial charge in [-0.3, -0.25) is 0 Å². The third kappa shape index (κ3) is 8.19. The van der Waals surface area contributed by atoms with E-state index in [-0.39, 0.29) is 0 Å². The lowest BCUT2D eigenvalue weighted by Crippen LogP contribution is -2.29. The summed E-state index contributed by atoms with van der Waals surface area (Å²) in [7, 11) is 0. The van der Waals surface area contributed by atoms with Gasteiger partial charge in [0.15, 0.2) is 0 Å². The van der Waals surface area contributed by atoms with Gasteiger partial charge >= 0.3 is 0 Å². The molecule has 0 rings (SSSR count). The van der Waals surface area contributed by atoms with Crippen LogP contribution in [0.3, 0.4) is 0 Å². The number of hydrogen-bond acceptors (Lipinski definition) is 2. The molecule has 2 nitrogen and oxygen atoms in total. The van der Waals surface area contributed by atoms with Gasteiger partial charge in [0.2, 0.25) is 0 Å². The van der Waals surface area contributed by atoms with Gasteiger partial charge in [0, 0.05) is 6.54 Å².